The van der Waals surface area contributed by atoms with E-state index in [1.807, 2.05) is 31.2 Å². The first-order chi connectivity index (χ1) is 11.9. The molecule has 2 aromatic rings. The van der Waals surface area contributed by atoms with Gasteiger partial charge in [0.15, 0.2) is 0 Å². The number of hydrogen-bond acceptors (Lipinski definition) is 4. The Morgan fingerprint density at radius 3 is 2.40 bits per heavy atom. The molecule has 5 nitrogen and oxygen atoms in total. The van der Waals surface area contributed by atoms with Crippen LogP contribution >= 0.6 is 15.9 Å². The Labute approximate surface area is 155 Å². The summed E-state index contributed by atoms with van der Waals surface area (Å²) in [5, 5.41) is 2.75. The summed E-state index contributed by atoms with van der Waals surface area (Å²) in [6.45, 7) is 5.91. The Kier molecular flexibility index (Phi) is 6.82. The first-order valence-corrected chi connectivity index (χ1v) is 8.92. The Morgan fingerprint density at radius 2 is 1.80 bits per heavy atom. The fourth-order valence-electron chi connectivity index (χ4n) is 2.40. The number of carbonyl (C=O) groups excluding carboxylic acids is 2. The minimum absolute atomic E-state index is 0.0619. The molecule has 0 aliphatic heterocycles. The molecule has 0 radical (unpaired) electrons. The number of furan rings is 1. The number of aryl methyl sites for hydroxylation is 4. The topological polar surface area (TPSA) is 68.5 Å². The van der Waals surface area contributed by atoms with Gasteiger partial charge in [-0.1, -0.05) is 29.8 Å². The Bertz CT molecular complexity index is 750. The lowest BCUT2D eigenvalue weighted by Gasteiger charge is -2.07. The quantitative estimate of drug-likeness (QED) is 0.558. The Balaban J connectivity index is 1.69. The van der Waals surface area contributed by atoms with Crippen molar-refractivity contribution in [3.8, 4) is 0 Å². The van der Waals surface area contributed by atoms with E-state index >= 15 is 0 Å². The van der Waals surface area contributed by atoms with E-state index in [1.165, 1.54) is 5.56 Å². The maximum absolute atomic E-state index is 12.1. The van der Waals surface area contributed by atoms with Crippen LogP contribution in [0.15, 0.2) is 33.2 Å². The standard InChI is InChI=1S/C19H22BrNO4/c1-12-4-6-15(7-5-12)8-9-16(22)21-10-11-24-19(23)17-13(2)25-14(3)18(17)20/h4-7H,8-11H2,1-3H3,(H,21,22). The van der Waals surface area contributed by atoms with Gasteiger partial charge in [0.25, 0.3) is 0 Å². The monoisotopic (exact) mass is 407 g/mol. The number of halogens is 1. The van der Waals surface area contributed by atoms with Crippen LogP contribution in [0.4, 0.5) is 0 Å². The molecule has 0 saturated heterocycles. The van der Waals surface area contributed by atoms with Crippen molar-refractivity contribution in [2.45, 2.75) is 33.6 Å². The minimum atomic E-state index is -0.463. The lowest BCUT2D eigenvalue weighted by atomic mass is 10.1. The minimum Gasteiger partial charge on any atom is -0.465 e. The molecule has 0 aliphatic rings. The zero-order valence-corrected chi connectivity index (χ0v) is 16.2. The van der Waals surface area contributed by atoms with Gasteiger partial charge in [-0.3, -0.25) is 4.79 Å². The SMILES string of the molecule is Cc1ccc(CCC(=O)NCCOC(=O)c2c(C)oc(C)c2Br)cc1. The van der Waals surface area contributed by atoms with Gasteiger partial charge >= 0.3 is 5.97 Å². The average molecular weight is 408 g/mol. The first kappa shape index (κ1) is 19.2. The van der Waals surface area contributed by atoms with Gasteiger partial charge < -0.3 is 14.5 Å². The summed E-state index contributed by atoms with van der Waals surface area (Å²) >= 11 is 3.32. The molecule has 134 valence electrons. The number of hydrogen-bond donors (Lipinski definition) is 1. The van der Waals surface area contributed by atoms with Crippen molar-refractivity contribution >= 4 is 27.8 Å². The maximum Gasteiger partial charge on any atom is 0.342 e. The average Bonchev–Trinajstić information content (AvgIpc) is 2.83. The summed E-state index contributed by atoms with van der Waals surface area (Å²) in [7, 11) is 0. The molecular formula is C19H22BrNO4. The molecule has 2 rings (SSSR count). The number of esters is 1. The lowest BCUT2D eigenvalue weighted by molar-refractivity contribution is -0.121. The van der Waals surface area contributed by atoms with Crippen molar-refractivity contribution in [3.05, 3.63) is 56.9 Å². The number of carbonyl (C=O) groups is 2. The molecule has 1 aromatic heterocycles. The predicted octanol–water partition coefficient (Wildman–Crippen LogP) is 3.87. The molecule has 25 heavy (non-hydrogen) atoms. The third-order valence-corrected chi connectivity index (χ3v) is 4.76. The van der Waals surface area contributed by atoms with E-state index in [-0.39, 0.29) is 19.1 Å². The lowest BCUT2D eigenvalue weighted by Crippen LogP contribution is -2.28. The second-order valence-electron chi connectivity index (χ2n) is 5.87. The van der Waals surface area contributed by atoms with Gasteiger partial charge in [-0.05, 0) is 48.7 Å². The van der Waals surface area contributed by atoms with E-state index in [2.05, 4.69) is 21.2 Å². The van der Waals surface area contributed by atoms with Crippen molar-refractivity contribution in [1.29, 1.82) is 0 Å². The van der Waals surface area contributed by atoms with Crippen LogP contribution in [-0.4, -0.2) is 25.0 Å². The van der Waals surface area contributed by atoms with Crippen LogP contribution in [-0.2, 0) is 16.0 Å². The Hall–Kier alpha value is -2.08. The third kappa shape index (κ3) is 5.46. The summed E-state index contributed by atoms with van der Waals surface area (Å²) in [4.78, 5) is 23.9. The Morgan fingerprint density at radius 1 is 1.12 bits per heavy atom. The van der Waals surface area contributed by atoms with Crippen LogP contribution in [0, 0.1) is 20.8 Å². The molecule has 0 unspecified atom stereocenters. The molecule has 1 heterocycles. The highest BCUT2D eigenvalue weighted by Gasteiger charge is 2.21. The molecule has 1 aromatic carbocycles. The van der Waals surface area contributed by atoms with E-state index in [1.54, 1.807) is 13.8 Å². The highest BCUT2D eigenvalue weighted by atomic mass is 79.9. The van der Waals surface area contributed by atoms with E-state index in [4.69, 9.17) is 9.15 Å². The molecule has 1 amide bonds. The van der Waals surface area contributed by atoms with E-state index in [9.17, 15) is 9.59 Å². The van der Waals surface area contributed by atoms with Gasteiger partial charge in [-0.15, -0.1) is 0 Å². The molecule has 6 heteroatoms. The molecule has 0 atom stereocenters. The highest BCUT2D eigenvalue weighted by Crippen LogP contribution is 2.27. The second-order valence-corrected chi connectivity index (χ2v) is 6.67. The first-order valence-electron chi connectivity index (χ1n) is 8.13. The van der Waals surface area contributed by atoms with Crippen molar-refractivity contribution in [2.24, 2.45) is 0 Å². The number of nitrogens with one attached hydrogen (secondary N) is 1. The van der Waals surface area contributed by atoms with Crippen molar-refractivity contribution in [1.82, 2.24) is 5.32 Å². The molecule has 0 fully saturated rings. The van der Waals surface area contributed by atoms with Gasteiger partial charge in [0.1, 0.15) is 23.7 Å². The molecular weight excluding hydrogens is 386 g/mol. The van der Waals surface area contributed by atoms with E-state index in [0.29, 0.717) is 34.4 Å². The van der Waals surface area contributed by atoms with Crippen LogP contribution in [0.25, 0.3) is 0 Å². The van der Waals surface area contributed by atoms with Crippen LogP contribution < -0.4 is 5.32 Å². The zero-order valence-electron chi connectivity index (χ0n) is 14.6. The predicted molar refractivity (Wildman–Crippen MR) is 98.7 cm³/mol. The van der Waals surface area contributed by atoms with Crippen LogP contribution in [0.1, 0.15) is 39.4 Å². The van der Waals surface area contributed by atoms with Crippen molar-refractivity contribution < 1.29 is 18.7 Å². The number of rotatable bonds is 7. The van der Waals surface area contributed by atoms with Gasteiger partial charge in [-0.25, -0.2) is 4.79 Å². The van der Waals surface area contributed by atoms with E-state index in [0.717, 1.165) is 5.56 Å². The normalized spacial score (nSPS) is 10.6. The summed E-state index contributed by atoms with van der Waals surface area (Å²) < 4.78 is 11.2. The summed E-state index contributed by atoms with van der Waals surface area (Å²) in [5.41, 5.74) is 2.72. The van der Waals surface area contributed by atoms with Crippen molar-refractivity contribution in [2.75, 3.05) is 13.2 Å². The van der Waals surface area contributed by atoms with Crippen LogP contribution in [0.5, 0.6) is 0 Å². The molecule has 0 spiro atoms. The van der Waals surface area contributed by atoms with Crippen molar-refractivity contribution in [3.63, 3.8) is 0 Å². The van der Waals surface area contributed by atoms with Gasteiger partial charge in [0.2, 0.25) is 5.91 Å². The maximum atomic E-state index is 12.1. The summed E-state index contributed by atoms with van der Waals surface area (Å²) in [5.74, 6) is 0.619. The molecule has 0 saturated carbocycles. The van der Waals surface area contributed by atoms with Crippen LogP contribution in [0.2, 0.25) is 0 Å². The highest BCUT2D eigenvalue weighted by molar-refractivity contribution is 9.10. The fourth-order valence-corrected chi connectivity index (χ4v) is 2.92. The van der Waals surface area contributed by atoms with Crippen LogP contribution in [0.3, 0.4) is 0 Å². The third-order valence-electron chi connectivity index (χ3n) is 3.81. The number of ether oxygens (including phenoxy) is 1. The van der Waals surface area contributed by atoms with Gasteiger partial charge in [0, 0.05) is 6.42 Å². The number of amides is 1. The number of benzene rings is 1. The van der Waals surface area contributed by atoms with Gasteiger partial charge in [0.05, 0.1) is 11.0 Å². The largest absolute Gasteiger partial charge is 0.465 e. The molecule has 0 bridgehead atoms. The fraction of sp³-hybridized carbons (Fsp3) is 0.368. The second kappa shape index (κ2) is 8.85. The van der Waals surface area contributed by atoms with Gasteiger partial charge in [-0.2, -0.15) is 0 Å². The smallest absolute Gasteiger partial charge is 0.342 e. The molecule has 1 N–H and O–H groups in total. The summed E-state index contributed by atoms with van der Waals surface area (Å²) in [6.07, 6.45) is 1.09. The van der Waals surface area contributed by atoms with E-state index < -0.39 is 5.97 Å². The summed E-state index contributed by atoms with van der Waals surface area (Å²) in [6, 6.07) is 8.11. The zero-order chi connectivity index (χ0) is 18.4. The molecule has 0 aliphatic carbocycles.